The van der Waals surface area contributed by atoms with Gasteiger partial charge in [0, 0.05) is 33.1 Å². The van der Waals surface area contributed by atoms with Crippen LogP contribution in [-0.2, 0) is 4.74 Å². The highest BCUT2D eigenvalue weighted by Gasteiger charge is 2.33. The second-order valence-electron chi connectivity index (χ2n) is 6.50. The summed E-state index contributed by atoms with van der Waals surface area (Å²) in [4.78, 5) is 14.2. The lowest BCUT2D eigenvalue weighted by atomic mass is 9.94. The van der Waals surface area contributed by atoms with E-state index in [9.17, 15) is 9.90 Å². The first-order valence-corrected chi connectivity index (χ1v) is 8.47. The van der Waals surface area contributed by atoms with Gasteiger partial charge in [-0.25, -0.2) is 4.79 Å². The Kier molecular flexibility index (Phi) is 5.40. The lowest BCUT2D eigenvalue weighted by Gasteiger charge is -2.35. The number of nitrogens with one attached hydrogen (secondary N) is 1. The van der Waals surface area contributed by atoms with E-state index in [1.165, 1.54) is 4.90 Å². The second kappa shape index (κ2) is 7.72. The molecule has 1 aliphatic heterocycles. The van der Waals surface area contributed by atoms with Crippen molar-refractivity contribution in [3.8, 4) is 0 Å². The first-order chi connectivity index (χ1) is 12.1. The Bertz CT molecular complexity index is 666. The van der Waals surface area contributed by atoms with Crippen LogP contribution in [0.3, 0.4) is 0 Å². The molecule has 2 N–H and O–H groups in total. The molecule has 1 fully saturated rings. The summed E-state index contributed by atoms with van der Waals surface area (Å²) in [5.74, 6) is 0.665. The maximum atomic E-state index is 12.7. The molecule has 1 atom stereocenters. The van der Waals surface area contributed by atoms with Gasteiger partial charge in [-0.3, -0.25) is 0 Å². The van der Waals surface area contributed by atoms with Crippen molar-refractivity contribution < 1.29 is 19.1 Å². The Morgan fingerprint density at radius 2 is 1.96 bits per heavy atom. The van der Waals surface area contributed by atoms with Crippen molar-refractivity contribution in [1.29, 1.82) is 0 Å². The zero-order valence-electron chi connectivity index (χ0n) is 14.4. The van der Waals surface area contributed by atoms with Crippen LogP contribution in [0.4, 0.5) is 4.79 Å². The number of hydrogen-bond acceptors (Lipinski definition) is 4. The molecule has 2 heterocycles. The molecule has 0 bridgehead atoms. The number of carbonyl (C=O) groups is 1. The summed E-state index contributed by atoms with van der Waals surface area (Å²) in [6, 6.07) is 12.7. The largest absolute Gasteiger partial charge is 0.467 e. The highest BCUT2D eigenvalue weighted by Crippen LogP contribution is 2.24. The minimum absolute atomic E-state index is 0.259. The number of furan rings is 1. The number of rotatable bonds is 5. The van der Waals surface area contributed by atoms with E-state index in [1.54, 1.807) is 19.4 Å². The Morgan fingerprint density at radius 1 is 1.24 bits per heavy atom. The molecule has 3 rings (SSSR count). The van der Waals surface area contributed by atoms with Crippen LogP contribution in [0.25, 0.3) is 0 Å². The summed E-state index contributed by atoms with van der Waals surface area (Å²) in [5, 5.41) is 13.6. The van der Waals surface area contributed by atoms with Gasteiger partial charge in [0.05, 0.1) is 18.4 Å². The molecule has 6 nitrogen and oxygen atoms in total. The fourth-order valence-corrected chi connectivity index (χ4v) is 3.08. The number of likely N-dealkylation sites (N-methyl/N-ethyl adjacent to an activating group) is 1. The van der Waals surface area contributed by atoms with E-state index >= 15 is 0 Å². The fourth-order valence-electron chi connectivity index (χ4n) is 3.08. The number of amides is 2. The number of carbonyl (C=O) groups excluding carboxylic acids is 1. The molecule has 6 heteroatoms. The minimum atomic E-state index is -0.892. The molecule has 0 radical (unpaired) electrons. The monoisotopic (exact) mass is 344 g/mol. The molecule has 1 saturated heterocycles. The average molecular weight is 344 g/mol. The van der Waals surface area contributed by atoms with Crippen LogP contribution in [0, 0.1) is 0 Å². The summed E-state index contributed by atoms with van der Waals surface area (Å²) in [5.41, 5.74) is 0.0426. The van der Waals surface area contributed by atoms with Crippen molar-refractivity contribution in [3.63, 3.8) is 0 Å². The molecule has 0 spiro atoms. The van der Waals surface area contributed by atoms with E-state index in [1.807, 2.05) is 36.4 Å². The first-order valence-electron chi connectivity index (χ1n) is 8.47. The zero-order valence-corrected chi connectivity index (χ0v) is 14.4. The highest BCUT2D eigenvalue weighted by molar-refractivity contribution is 5.75. The number of ether oxygens (including phenoxy) is 1. The smallest absolute Gasteiger partial charge is 0.318 e. The quantitative estimate of drug-likeness (QED) is 0.874. The third-order valence-corrected chi connectivity index (χ3v) is 4.53. The molecule has 0 aliphatic carbocycles. The molecular formula is C19H24N2O4. The van der Waals surface area contributed by atoms with Crippen molar-refractivity contribution in [2.45, 2.75) is 24.5 Å². The van der Waals surface area contributed by atoms with E-state index < -0.39 is 5.60 Å². The maximum Gasteiger partial charge on any atom is 0.318 e. The molecule has 0 saturated carbocycles. The van der Waals surface area contributed by atoms with Crippen molar-refractivity contribution in [1.82, 2.24) is 10.2 Å². The van der Waals surface area contributed by atoms with Gasteiger partial charge in [-0.1, -0.05) is 30.3 Å². The Labute approximate surface area is 147 Å². The van der Waals surface area contributed by atoms with Crippen LogP contribution >= 0.6 is 0 Å². The lowest BCUT2D eigenvalue weighted by molar-refractivity contribution is -0.0722. The van der Waals surface area contributed by atoms with Crippen molar-refractivity contribution in [3.05, 3.63) is 60.1 Å². The fraction of sp³-hybridized carbons (Fsp3) is 0.421. The Hall–Kier alpha value is -2.31. The van der Waals surface area contributed by atoms with Gasteiger partial charge in [0.15, 0.2) is 0 Å². The third-order valence-electron chi connectivity index (χ3n) is 4.53. The van der Waals surface area contributed by atoms with E-state index in [2.05, 4.69) is 5.32 Å². The second-order valence-corrected chi connectivity index (χ2v) is 6.50. The summed E-state index contributed by atoms with van der Waals surface area (Å²) in [7, 11) is 1.69. The van der Waals surface area contributed by atoms with Crippen LogP contribution < -0.4 is 5.32 Å². The van der Waals surface area contributed by atoms with Crippen molar-refractivity contribution in [2.24, 2.45) is 0 Å². The molecule has 1 aromatic heterocycles. The molecule has 2 amide bonds. The summed E-state index contributed by atoms with van der Waals surface area (Å²) in [6.45, 7) is 1.30. The minimum Gasteiger partial charge on any atom is -0.467 e. The number of benzene rings is 1. The van der Waals surface area contributed by atoms with Gasteiger partial charge in [0.25, 0.3) is 0 Å². The average Bonchev–Trinajstić information content (AvgIpc) is 3.14. The van der Waals surface area contributed by atoms with Crippen LogP contribution in [0.5, 0.6) is 0 Å². The summed E-state index contributed by atoms with van der Waals surface area (Å²) < 4.78 is 10.8. The number of nitrogens with zero attached hydrogens (tertiary/aromatic N) is 1. The summed E-state index contributed by atoms with van der Waals surface area (Å²) >= 11 is 0. The van der Waals surface area contributed by atoms with Crippen LogP contribution in [0.1, 0.15) is 30.2 Å². The SMILES string of the molecule is CN(CC1(O)CCOCC1)C(=O)N[C@@H](c1ccccc1)c1ccco1. The van der Waals surface area contributed by atoms with Crippen molar-refractivity contribution in [2.75, 3.05) is 26.8 Å². The van der Waals surface area contributed by atoms with E-state index in [4.69, 9.17) is 9.15 Å². The molecule has 25 heavy (non-hydrogen) atoms. The Morgan fingerprint density at radius 3 is 2.60 bits per heavy atom. The standard InChI is InChI=1S/C19H24N2O4/c1-21(14-19(23)9-12-24-13-10-19)18(22)20-17(16-8-5-11-25-16)15-6-3-2-4-7-15/h2-8,11,17,23H,9-10,12-14H2,1H3,(H,20,22)/t17-/m0/s1. The molecule has 0 unspecified atom stereocenters. The Balaban J connectivity index is 1.70. The van der Waals surface area contributed by atoms with Gasteiger partial charge in [0.2, 0.25) is 0 Å². The molecular weight excluding hydrogens is 320 g/mol. The van der Waals surface area contributed by atoms with Gasteiger partial charge < -0.3 is 24.5 Å². The predicted molar refractivity (Wildman–Crippen MR) is 93.2 cm³/mol. The first kappa shape index (κ1) is 17.5. The number of urea groups is 1. The van der Waals surface area contributed by atoms with Crippen LogP contribution in [0.15, 0.2) is 53.1 Å². The zero-order chi connectivity index (χ0) is 17.7. The van der Waals surface area contributed by atoms with E-state index in [-0.39, 0.29) is 18.6 Å². The van der Waals surface area contributed by atoms with Gasteiger partial charge in [0.1, 0.15) is 11.8 Å². The number of hydrogen-bond donors (Lipinski definition) is 2. The van der Waals surface area contributed by atoms with Crippen LogP contribution in [0.2, 0.25) is 0 Å². The topological polar surface area (TPSA) is 74.9 Å². The number of aliphatic hydroxyl groups is 1. The van der Waals surface area contributed by atoms with Crippen LogP contribution in [-0.4, -0.2) is 48.4 Å². The van der Waals surface area contributed by atoms with Gasteiger partial charge in [-0.05, 0) is 17.7 Å². The summed E-state index contributed by atoms with van der Waals surface area (Å²) in [6.07, 6.45) is 2.65. The van der Waals surface area contributed by atoms with Crippen molar-refractivity contribution >= 4 is 6.03 Å². The third kappa shape index (κ3) is 4.41. The van der Waals surface area contributed by atoms with E-state index in [0.717, 1.165) is 5.56 Å². The molecule has 1 aromatic carbocycles. The molecule has 2 aromatic rings. The molecule has 1 aliphatic rings. The van der Waals surface area contributed by atoms with E-state index in [0.29, 0.717) is 31.8 Å². The van der Waals surface area contributed by atoms with Gasteiger partial charge >= 0.3 is 6.03 Å². The maximum absolute atomic E-state index is 12.7. The lowest BCUT2D eigenvalue weighted by Crippen LogP contribution is -2.50. The molecule has 134 valence electrons. The highest BCUT2D eigenvalue weighted by atomic mass is 16.5. The predicted octanol–water partition coefficient (Wildman–Crippen LogP) is 2.55. The normalized spacial score (nSPS) is 17.7. The van der Waals surface area contributed by atoms with Gasteiger partial charge in [-0.15, -0.1) is 0 Å². The van der Waals surface area contributed by atoms with Gasteiger partial charge in [-0.2, -0.15) is 0 Å².